The number of aromatic hydroxyl groups is 2. The van der Waals surface area contributed by atoms with Gasteiger partial charge in [0.1, 0.15) is 28.1 Å². The quantitative estimate of drug-likeness (QED) is 0.549. The summed E-state index contributed by atoms with van der Waals surface area (Å²) in [6.07, 6.45) is 4.96. The number of fused-ring (bicyclic) bond motifs is 1. The standard InChI is InChI=1S/C19H18N2O5S/c20-9-14-12-4-2-1-3-5-16(12)27-18(14)21-17(24)10-26-19(25)13-7-6-11(22)8-15(13)23/h6-8,22-23H,1-5,10H2,(H,21,24). The summed E-state index contributed by atoms with van der Waals surface area (Å²) >= 11 is 1.40. The predicted molar refractivity (Wildman–Crippen MR) is 99.0 cm³/mol. The number of hydrogen-bond donors (Lipinski definition) is 3. The number of rotatable bonds is 4. The number of nitriles is 1. The van der Waals surface area contributed by atoms with E-state index in [4.69, 9.17) is 4.74 Å². The van der Waals surface area contributed by atoms with Gasteiger partial charge in [0.15, 0.2) is 6.61 Å². The van der Waals surface area contributed by atoms with Crippen molar-refractivity contribution in [1.82, 2.24) is 0 Å². The topological polar surface area (TPSA) is 120 Å². The minimum Gasteiger partial charge on any atom is -0.508 e. The number of benzene rings is 1. The summed E-state index contributed by atoms with van der Waals surface area (Å²) in [6, 6.07) is 5.61. The predicted octanol–water partition coefficient (Wildman–Crippen LogP) is 3.10. The van der Waals surface area contributed by atoms with Gasteiger partial charge in [0, 0.05) is 10.9 Å². The Kier molecular flexibility index (Phi) is 5.62. The van der Waals surface area contributed by atoms with Crippen molar-refractivity contribution < 1.29 is 24.5 Å². The summed E-state index contributed by atoms with van der Waals surface area (Å²) in [7, 11) is 0. The summed E-state index contributed by atoms with van der Waals surface area (Å²) in [5.74, 6) is -2.07. The van der Waals surface area contributed by atoms with Crippen LogP contribution >= 0.6 is 11.3 Å². The molecule has 0 aliphatic heterocycles. The normalized spacial score (nSPS) is 13.1. The van der Waals surface area contributed by atoms with Crippen LogP contribution in [0.4, 0.5) is 5.00 Å². The second kappa shape index (κ2) is 8.10. The summed E-state index contributed by atoms with van der Waals surface area (Å²) < 4.78 is 4.91. The maximum absolute atomic E-state index is 12.1. The molecule has 8 heteroatoms. The van der Waals surface area contributed by atoms with E-state index in [9.17, 15) is 25.1 Å². The fraction of sp³-hybridized carbons (Fsp3) is 0.316. The van der Waals surface area contributed by atoms with Crippen molar-refractivity contribution in [2.24, 2.45) is 0 Å². The molecule has 0 bridgehead atoms. The number of esters is 1. The second-order valence-electron chi connectivity index (χ2n) is 6.21. The lowest BCUT2D eigenvalue weighted by atomic mass is 10.1. The van der Waals surface area contributed by atoms with Crippen LogP contribution in [-0.4, -0.2) is 28.7 Å². The zero-order valence-corrected chi connectivity index (χ0v) is 15.3. The Labute approximate surface area is 159 Å². The van der Waals surface area contributed by atoms with Gasteiger partial charge < -0.3 is 20.3 Å². The van der Waals surface area contributed by atoms with Crippen molar-refractivity contribution >= 4 is 28.2 Å². The first kappa shape index (κ1) is 18.7. The largest absolute Gasteiger partial charge is 0.508 e. The number of aryl methyl sites for hydroxylation is 1. The molecule has 2 aromatic rings. The first-order valence-corrected chi connectivity index (χ1v) is 9.35. The minimum atomic E-state index is -0.884. The molecule has 7 nitrogen and oxygen atoms in total. The number of amides is 1. The van der Waals surface area contributed by atoms with Gasteiger partial charge in [-0.15, -0.1) is 11.3 Å². The summed E-state index contributed by atoms with van der Waals surface area (Å²) in [6.45, 7) is -0.549. The van der Waals surface area contributed by atoms with E-state index in [-0.39, 0.29) is 11.3 Å². The van der Waals surface area contributed by atoms with E-state index in [0.29, 0.717) is 10.6 Å². The molecule has 1 amide bonds. The number of ether oxygens (including phenoxy) is 1. The number of thiophene rings is 1. The van der Waals surface area contributed by atoms with E-state index in [0.717, 1.165) is 48.6 Å². The van der Waals surface area contributed by atoms with Gasteiger partial charge >= 0.3 is 5.97 Å². The van der Waals surface area contributed by atoms with Crippen LogP contribution in [-0.2, 0) is 22.4 Å². The van der Waals surface area contributed by atoms with Crippen molar-refractivity contribution in [3.63, 3.8) is 0 Å². The smallest absolute Gasteiger partial charge is 0.342 e. The number of nitrogens with zero attached hydrogens (tertiary/aromatic N) is 1. The van der Waals surface area contributed by atoms with Crippen molar-refractivity contribution in [2.75, 3.05) is 11.9 Å². The molecule has 0 atom stereocenters. The van der Waals surface area contributed by atoms with E-state index in [1.165, 1.54) is 23.5 Å². The maximum atomic E-state index is 12.1. The SMILES string of the molecule is N#Cc1c(NC(=O)COC(=O)c2ccc(O)cc2O)sc2c1CCCCC2. The van der Waals surface area contributed by atoms with Gasteiger partial charge in [0.2, 0.25) is 0 Å². The first-order chi connectivity index (χ1) is 13.0. The molecule has 1 aromatic heterocycles. The van der Waals surface area contributed by atoms with Gasteiger partial charge in [-0.05, 0) is 43.4 Å². The maximum Gasteiger partial charge on any atom is 0.342 e. The highest BCUT2D eigenvalue weighted by Gasteiger charge is 2.21. The lowest BCUT2D eigenvalue weighted by Crippen LogP contribution is -2.21. The van der Waals surface area contributed by atoms with Crippen LogP contribution in [0.1, 0.15) is 45.6 Å². The average molecular weight is 386 g/mol. The first-order valence-electron chi connectivity index (χ1n) is 8.53. The van der Waals surface area contributed by atoms with E-state index in [2.05, 4.69) is 11.4 Å². The molecule has 1 aliphatic rings. The van der Waals surface area contributed by atoms with Crippen LogP contribution in [0.5, 0.6) is 11.5 Å². The Hall–Kier alpha value is -3.05. The van der Waals surface area contributed by atoms with Crippen LogP contribution in [0.2, 0.25) is 0 Å². The second-order valence-corrected chi connectivity index (χ2v) is 7.31. The van der Waals surface area contributed by atoms with Gasteiger partial charge in [-0.3, -0.25) is 4.79 Å². The van der Waals surface area contributed by atoms with Crippen LogP contribution in [0.15, 0.2) is 18.2 Å². The number of carbonyl (C=O) groups excluding carboxylic acids is 2. The molecule has 0 saturated carbocycles. The molecule has 1 aromatic carbocycles. The molecule has 140 valence electrons. The highest BCUT2D eigenvalue weighted by Crippen LogP contribution is 2.36. The molecular weight excluding hydrogens is 368 g/mol. The van der Waals surface area contributed by atoms with Gasteiger partial charge in [-0.25, -0.2) is 4.79 Å². The molecule has 3 rings (SSSR count). The molecule has 0 saturated heterocycles. The Bertz CT molecular complexity index is 929. The Balaban J connectivity index is 1.64. The highest BCUT2D eigenvalue weighted by atomic mass is 32.1. The Morgan fingerprint density at radius 1 is 1.22 bits per heavy atom. The summed E-state index contributed by atoms with van der Waals surface area (Å²) in [5.41, 5.74) is 1.36. The number of hydrogen-bond acceptors (Lipinski definition) is 7. The zero-order valence-electron chi connectivity index (χ0n) is 14.4. The molecule has 0 unspecified atom stereocenters. The number of carbonyl (C=O) groups is 2. The number of anilines is 1. The van der Waals surface area contributed by atoms with E-state index in [1.54, 1.807) is 0 Å². The Morgan fingerprint density at radius 3 is 2.74 bits per heavy atom. The van der Waals surface area contributed by atoms with Gasteiger partial charge in [-0.2, -0.15) is 5.26 Å². The van der Waals surface area contributed by atoms with E-state index >= 15 is 0 Å². The highest BCUT2D eigenvalue weighted by molar-refractivity contribution is 7.16. The van der Waals surface area contributed by atoms with Crippen LogP contribution in [0, 0.1) is 11.3 Å². The fourth-order valence-electron chi connectivity index (χ4n) is 3.01. The monoisotopic (exact) mass is 386 g/mol. The fourth-order valence-corrected chi connectivity index (χ4v) is 4.27. The van der Waals surface area contributed by atoms with Crippen molar-refractivity contribution in [3.8, 4) is 17.6 Å². The van der Waals surface area contributed by atoms with Crippen LogP contribution in [0.25, 0.3) is 0 Å². The third-order valence-electron chi connectivity index (χ3n) is 4.32. The van der Waals surface area contributed by atoms with Crippen molar-refractivity contribution in [3.05, 3.63) is 39.8 Å². The van der Waals surface area contributed by atoms with Gasteiger partial charge in [0.05, 0.1) is 5.56 Å². The van der Waals surface area contributed by atoms with Gasteiger partial charge in [0.25, 0.3) is 5.91 Å². The Morgan fingerprint density at radius 2 is 2.00 bits per heavy atom. The zero-order chi connectivity index (χ0) is 19.4. The van der Waals surface area contributed by atoms with Crippen LogP contribution in [0.3, 0.4) is 0 Å². The molecule has 3 N–H and O–H groups in total. The van der Waals surface area contributed by atoms with E-state index in [1.807, 2.05) is 0 Å². The molecule has 1 heterocycles. The lowest BCUT2D eigenvalue weighted by molar-refractivity contribution is -0.119. The number of nitrogens with one attached hydrogen (secondary N) is 1. The third-order valence-corrected chi connectivity index (χ3v) is 5.53. The lowest BCUT2D eigenvalue weighted by Gasteiger charge is -2.07. The third kappa shape index (κ3) is 4.20. The minimum absolute atomic E-state index is 0.152. The summed E-state index contributed by atoms with van der Waals surface area (Å²) in [5, 5.41) is 31.5. The number of phenolic OH excluding ortho intramolecular Hbond substituents is 2. The van der Waals surface area contributed by atoms with Crippen LogP contribution < -0.4 is 5.32 Å². The van der Waals surface area contributed by atoms with Crippen molar-refractivity contribution in [1.29, 1.82) is 5.26 Å². The van der Waals surface area contributed by atoms with Crippen molar-refractivity contribution in [2.45, 2.75) is 32.1 Å². The number of phenols is 2. The average Bonchev–Trinajstić information content (AvgIpc) is 2.79. The molecule has 0 radical (unpaired) electrons. The molecular formula is C19H18N2O5S. The molecule has 0 fully saturated rings. The molecule has 1 aliphatic carbocycles. The van der Waals surface area contributed by atoms with E-state index < -0.39 is 24.2 Å². The molecule has 27 heavy (non-hydrogen) atoms. The van der Waals surface area contributed by atoms with Gasteiger partial charge in [-0.1, -0.05) is 6.42 Å². The summed E-state index contributed by atoms with van der Waals surface area (Å²) in [4.78, 5) is 25.2. The molecule has 0 spiro atoms.